The van der Waals surface area contributed by atoms with Crippen LogP contribution in [0.2, 0.25) is 15.1 Å². The van der Waals surface area contributed by atoms with E-state index >= 15 is 0 Å². The molecule has 4 aromatic carbocycles. The molecule has 0 aromatic heterocycles. The first-order valence-corrected chi connectivity index (χ1v) is 17.9. The number of carbonyl (C=O) groups is 2. The van der Waals surface area contributed by atoms with E-state index in [0.717, 1.165) is 33.8 Å². The molecule has 47 heavy (non-hydrogen) atoms. The van der Waals surface area contributed by atoms with E-state index in [4.69, 9.17) is 34.8 Å². The number of rotatable bonds is 14. The zero-order chi connectivity index (χ0) is 34.1. The van der Waals surface area contributed by atoms with Crippen LogP contribution in [0.15, 0.2) is 95.9 Å². The van der Waals surface area contributed by atoms with Crippen molar-refractivity contribution in [1.29, 1.82) is 0 Å². The van der Waals surface area contributed by atoms with E-state index in [9.17, 15) is 18.0 Å². The molecule has 0 fully saturated rings. The van der Waals surface area contributed by atoms with E-state index in [-0.39, 0.29) is 23.8 Å². The molecule has 2 amide bonds. The van der Waals surface area contributed by atoms with Gasteiger partial charge in [0.15, 0.2) is 0 Å². The molecule has 11 heteroatoms. The summed E-state index contributed by atoms with van der Waals surface area (Å²) in [5, 5.41) is 4.00. The van der Waals surface area contributed by atoms with Crippen molar-refractivity contribution >= 4 is 62.3 Å². The van der Waals surface area contributed by atoms with Gasteiger partial charge in [-0.25, -0.2) is 8.42 Å². The number of amides is 2. The third-order valence-electron chi connectivity index (χ3n) is 7.90. The normalized spacial score (nSPS) is 12.0. The van der Waals surface area contributed by atoms with Crippen molar-refractivity contribution in [3.8, 4) is 0 Å². The number of benzene rings is 4. The van der Waals surface area contributed by atoms with Crippen molar-refractivity contribution in [3.63, 3.8) is 0 Å². The lowest BCUT2D eigenvalue weighted by atomic mass is 10.0. The number of sulfonamides is 1. The Balaban J connectivity index is 1.82. The molecule has 4 rings (SSSR count). The van der Waals surface area contributed by atoms with Crippen LogP contribution in [0.25, 0.3) is 0 Å². The number of hydrogen-bond donors (Lipinski definition) is 1. The summed E-state index contributed by atoms with van der Waals surface area (Å²) in [4.78, 5) is 29.9. The summed E-state index contributed by atoms with van der Waals surface area (Å²) in [5.74, 6) is -0.910. The predicted molar refractivity (Wildman–Crippen MR) is 191 cm³/mol. The minimum absolute atomic E-state index is 0.0177. The lowest BCUT2D eigenvalue weighted by molar-refractivity contribution is -0.140. The van der Waals surface area contributed by atoms with E-state index in [1.165, 1.54) is 29.2 Å². The zero-order valence-corrected chi connectivity index (χ0v) is 29.6. The number of nitrogens with one attached hydrogen (secondary N) is 1. The second kappa shape index (κ2) is 16.5. The van der Waals surface area contributed by atoms with Crippen molar-refractivity contribution < 1.29 is 18.0 Å². The molecule has 0 radical (unpaired) electrons. The zero-order valence-electron chi connectivity index (χ0n) is 26.5. The molecule has 1 atom stereocenters. The second-order valence-electron chi connectivity index (χ2n) is 11.4. The number of nitrogens with zero attached hydrogens (tertiary/aromatic N) is 2. The fourth-order valence-electron chi connectivity index (χ4n) is 5.04. The summed E-state index contributed by atoms with van der Waals surface area (Å²) in [6.07, 6.45) is 1.85. The molecular weight excluding hydrogens is 677 g/mol. The number of carbonyl (C=O) groups excluding carboxylic acids is 2. The highest BCUT2D eigenvalue weighted by Crippen LogP contribution is 2.28. The maximum absolute atomic E-state index is 14.6. The Labute approximate surface area is 292 Å². The van der Waals surface area contributed by atoms with Gasteiger partial charge in [-0.2, -0.15) is 0 Å². The number of anilines is 1. The fraction of sp³-hybridized carbons (Fsp3) is 0.278. The molecule has 4 aromatic rings. The van der Waals surface area contributed by atoms with Gasteiger partial charge in [0.25, 0.3) is 10.0 Å². The first-order chi connectivity index (χ1) is 22.4. The lowest BCUT2D eigenvalue weighted by Gasteiger charge is -2.34. The molecule has 0 heterocycles. The summed E-state index contributed by atoms with van der Waals surface area (Å²) in [5.41, 5.74) is 3.62. The van der Waals surface area contributed by atoms with Gasteiger partial charge in [-0.15, -0.1) is 0 Å². The highest BCUT2D eigenvalue weighted by Gasteiger charge is 2.34. The molecule has 1 N–H and O–H groups in total. The molecule has 0 aliphatic carbocycles. The summed E-state index contributed by atoms with van der Waals surface area (Å²) in [6.45, 7) is 5.68. The largest absolute Gasteiger partial charge is 0.354 e. The monoisotopic (exact) mass is 713 g/mol. The molecular formula is C36H38Cl3N3O4S. The summed E-state index contributed by atoms with van der Waals surface area (Å²) < 4.78 is 29.5. The maximum Gasteiger partial charge on any atom is 0.264 e. The van der Waals surface area contributed by atoms with Gasteiger partial charge in [-0.05, 0) is 91.1 Å². The van der Waals surface area contributed by atoms with Gasteiger partial charge >= 0.3 is 0 Å². The minimum atomic E-state index is -4.25. The van der Waals surface area contributed by atoms with E-state index in [0.29, 0.717) is 32.9 Å². The van der Waals surface area contributed by atoms with Crippen LogP contribution in [0.4, 0.5) is 5.69 Å². The molecule has 0 saturated carbocycles. The molecule has 0 saturated heterocycles. The van der Waals surface area contributed by atoms with Gasteiger partial charge < -0.3 is 10.2 Å². The lowest BCUT2D eigenvalue weighted by Crippen LogP contribution is -2.53. The fourth-order valence-corrected chi connectivity index (χ4v) is 6.89. The van der Waals surface area contributed by atoms with E-state index in [1.807, 2.05) is 57.2 Å². The van der Waals surface area contributed by atoms with Crippen molar-refractivity contribution in [2.75, 3.05) is 17.4 Å². The Morgan fingerprint density at radius 2 is 1.51 bits per heavy atom. The second-order valence-corrected chi connectivity index (χ2v) is 14.5. The molecule has 0 bridgehead atoms. The van der Waals surface area contributed by atoms with Crippen molar-refractivity contribution in [3.05, 3.63) is 128 Å². The Hall–Kier alpha value is -3.56. The molecule has 248 valence electrons. The number of unbranched alkanes of at least 4 members (excludes halogenated alkanes) is 1. The van der Waals surface area contributed by atoms with Gasteiger partial charge in [0.05, 0.1) is 20.6 Å². The van der Waals surface area contributed by atoms with Crippen LogP contribution in [-0.4, -0.2) is 44.3 Å². The van der Waals surface area contributed by atoms with Crippen LogP contribution >= 0.6 is 34.8 Å². The highest BCUT2D eigenvalue weighted by atomic mass is 35.5. The topological polar surface area (TPSA) is 86.8 Å². The Morgan fingerprint density at radius 3 is 2.15 bits per heavy atom. The van der Waals surface area contributed by atoms with Gasteiger partial charge in [-0.3, -0.25) is 13.9 Å². The average molecular weight is 715 g/mol. The number of halogens is 3. The Morgan fingerprint density at radius 1 is 0.809 bits per heavy atom. The SMILES string of the molecule is CCCCNC(=O)C(Cc1ccccc1)N(Cc1ccc(Cl)c(Cl)c1)C(=O)CN(c1ccc(C)c(C)c1)S(=O)(=O)c1ccc(Cl)cc1. The standard InChI is InChI=1S/C36H38Cl3N3O4S/c1-4-5-19-40-36(44)34(22-27-9-7-6-8-10-27)41(23-28-12-18-32(38)33(39)21-28)35(43)24-42(30-15-11-25(2)26(3)20-30)47(45,46)31-16-13-29(37)14-17-31/h6-18,20-21,34H,4-5,19,22-24H2,1-3H3,(H,40,44). The third-order valence-corrected chi connectivity index (χ3v) is 10.7. The molecule has 7 nitrogen and oxygen atoms in total. The van der Waals surface area contributed by atoms with E-state index < -0.39 is 28.5 Å². The molecule has 1 unspecified atom stereocenters. The van der Waals surface area contributed by atoms with Gasteiger partial charge in [0.1, 0.15) is 12.6 Å². The smallest absolute Gasteiger partial charge is 0.264 e. The highest BCUT2D eigenvalue weighted by molar-refractivity contribution is 7.92. The van der Waals surface area contributed by atoms with Gasteiger partial charge in [-0.1, -0.05) is 90.6 Å². The Kier molecular flexibility index (Phi) is 12.7. The van der Waals surface area contributed by atoms with Crippen LogP contribution in [0.5, 0.6) is 0 Å². The van der Waals surface area contributed by atoms with Crippen LogP contribution in [0, 0.1) is 13.8 Å². The van der Waals surface area contributed by atoms with Crippen LogP contribution < -0.4 is 9.62 Å². The number of hydrogen-bond acceptors (Lipinski definition) is 4. The van der Waals surface area contributed by atoms with Crippen molar-refractivity contribution in [2.45, 2.75) is 57.5 Å². The molecule has 0 aliphatic heterocycles. The summed E-state index contributed by atoms with van der Waals surface area (Å²) >= 11 is 18.6. The minimum Gasteiger partial charge on any atom is -0.354 e. The molecule has 0 spiro atoms. The van der Waals surface area contributed by atoms with Crippen molar-refractivity contribution in [1.82, 2.24) is 10.2 Å². The van der Waals surface area contributed by atoms with E-state index in [2.05, 4.69) is 5.32 Å². The van der Waals surface area contributed by atoms with Crippen LogP contribution in [0.3, 0.4) is 0 Å². The first kappa shape index (κ1) is 36.3. The Bertz CT molecular complexity index is 1800. The van der Waals surface area contributed by atoms with E-state index in [1.54, 1.807) is 30.3 Å². The maximum atomic E-state index is 14.6. The summed E-state index contributed by atoms with van der Waals surface area (Å²) in [7, 11) is -4.25. The predicted octanol–water partition coefficient (Wildman–Crippen LogP) is 8.02. The van der Waals surface area contributed by atoms with Crippen LogP contribution in [-0.2, 0) is 32.6 Å². The summed E-state index contributed by atoms with van der Waals surface area (Å²) in [6, 6.07) is 24.4. The van der Waals surface area contributed by atoms with Gasteiger partial charge in [0.2, 0.25) is 11.8 Å². The molecule has 0 aliphatic rings. The first-order valence-electron chi connectivity index (χ1n) is 15.3. The van der Waals surface area contributed by atoms with Crippen LogP contribution in [0.1, 0.15) is 42.0 Å². The third kappa shape index (κ3) is 9.51. The average Bonchev–Trinajstić information content (AvgIpc) is 3.05. The van der Waals surface area contributed by atoms with Crippen molar-refractivity contribution in [2.24, 2.45) is 0 Å². The number of aryl methyl sites for hydroxylation is 2. The van der Waals surface area contributed by atoms with Gasteiger partial charge in [0, 0.05) is 24.5 Å². The quantitative estimate of drug-likeness (QED) is 0.134.